The predicted octanol–water partition coefficient (Wildman–Crippen LogP) is 3.15. The average Bonchev–Trinajstić information content (AvgIpc) is 2.51. The second-order valence-electron chi connectivity index (χ2n) is 4.76. The molecule has 0 bridgehead atoms. The van der Waals surface area contributed by atoms with Gasteiger partial charge in [0.15, 0.2) is 0 Å². The Morgan fingerprint density at radius 1 is 1.53 bits per heavy atom. The number of imidazole rings is 1. The highest BCUT2D eigenvalue weighted by molar-refractivity contribution is 14.1. The molecule has 4 nitrogen and oxygen atoms in total. The van der Waals surface area contributed by atoms with Crippen molar-refractivity contribution in [1.82, 2.24) is 9.55 Å². The molecular formula is C12H18IN3O. The summed E-state index contributed by atoms with van der Waals surface area (Å²) in [7, 11) is 0. The fourth-order valence-corrected chi connectivity index (χ4v) is 2.30. The fourth-order valence-electron chi connectivity index (χ4n) is 1.61. The number of aryl methyl sites for hydroxylation is 1. The Balaban J connectivity index is 3.06. The van der Waals surface area contributed by atoms with E-state index in [0.717, 1.165) is 28.8 Å². The molecule has 17 heavy (non-hydrogen) atoms. The molecular weight excluding hydrogens is 329 g/mol. The highest BCUT2D eigenvalue weighted by atomic mass is 127. The molecule has 1 aromatic heterocycles. The van der Waals surface area contributed by atoms with E-state index >= 15 is 0 Å². The largest absolute Gasteiger partial charge is 0.389 e. The van der Waals surface area contributed by atoms with E-state index in [1.165, 1.54) is 0 Å². The molecule has 94 valence electrons. The van der Waals surface area contributed by atoms with Crippen LogP contribution in [0.4, 0.5) is 5.82 Å². The Kier molecular flexibility index (Phi) is 4.95. The lowest BCUT2D eigenvalue weighted by atomic mass is 10.1. The predicted molar refractivity (Wildman–Crippen MR) is 76.1 cm³/mol. The van der Waals surface area contributed by atoms with Crippen molar-refractivity contribution >= 4 is 28.4 Å². The zero-order valence-corrected chi connectivity index (χ0v) is 12.7. The van der Waals surface area contributed by atoms with E-state index in [2.05, 4.69) is 39.3 Å². The lowest BCUT2D eigenvalue weighted by Gasteiger charge is -2.19. The maximum Gasteiger partial charge on any atom is 0.301 e. The molecule has 0 radical (unpaired) electrons. The summed E-state index contributed by atoms with van der Waals surface area (Å²) in [6, 6.07) is 0. The molecule has 1 N–H and O–H groups in total. The van der Waals surface area contributed by atoms with Gasteiger partial charge >= 0.3 is 5.82 Å². The van der Waals surface area contributed by atoms with Crippen LogP contribution < -0.4 is 0 Å². The quantitative estimate of drug-likeness (QED) is 0.657. The minimum absolute atomic E-state index is 0.445. The molecule has 0 amide bonds. The van der Waals surface area contributed by atoms with Crippen molar-refractivity contribution in [1.29, 1.82) is 0 Å². The van der Waals surface area contributed by atoms with Crippen LogP contribution in [0.25, 0.3) is 4.85 Å². The Bertz CT molecular complexity index is 426. The number of hydrogen-bond acceptors (Lipinski definition) is 2. The number of hydrogen-bond donors (Lipinski definition) is 1. The standard InChI is InChI=1S/C12H18IN3O/c1-5-6-7-9-15-11(14-4)10(13)16(9)8-12(2,3)17/h17H,5-8H2,1-3H3. The molecule has 0 aliphatic carbocycles. The summed E-state index contributed by atoms with van der Waals surface area (Å²) in [6.45, 7) is 13.2. The smallest absolute Gasteiger partial charge is 0.301 e. The number of aliphatic hydroxyl groups is 1. The third-order valence-electron chi connectivity index (χ3n) is 2.37. The molecule has 0 fully saturated rings. The molecule has 0 unspecified atom stereocenters. The van der Waals surface area contributed by atoms with Gasteiger partial charge in [-0.3, -0.25) is 0 Å². The maximum absolute atomic E-state index is 9.90. The third-order valence-corrected chi connectivity index (χ3v) is 3.44. The maximum atomic E-state index is 9.90. The molecule has 0 atom stereocenters. The van der Waals surface area contributed by atoms with E-state index in [0.29, 0.717) is 12.4 Å². The van der Waals surface area contributed by atoms with Gasteiger partial charge in [0, 0.05) is 6.42 Å². The van der Waals surface area contributed by atoms with Crippen molar-refractivity contribution in [3.05, 3.63) is 20.9 Å². The summed E-state index contributed by atoms with van der Waals surface area (Å²) in [5.74, 6) is 1.35. The Morgan fingerprint density at radius 3 is 2.65 bits per heavy atom. The SMILES string of the molecule is [C-]#[N+]c1nc(CCCC)n(CC(C)(C)O)c1I. The molecule has 0 spiro atoms. The summed E-state index contributed by atoms with van der Waals surface area (Å²) in [4.78, 5) is 7.76. The Hall–Kier alpha value is -0.610. The van der Waals surface area contributed by atoms with Gasteiger partial charge in [-0.15, -0.1) is 4.98 Å². The van der Waals surface area contributed by atoms with Crippen molar-refractivity contribution in [2.45, 2.75) is 52.2 Å². The molecule has 1 aromatic rings. The van der Waals surface area contributed by atoms with E-state index in [-0.39, 0.29) is 0 Å². The molecule has 0 aliphatic heterocycles. The van der Waals surface area contributed by atoms with Gasteiger partial charge in [-0.05, 0) is 42.9 Å². The lowest BCUT2D eigenvalue weighted by Crippen LogP contribution is -2.27. The van der Waals surface area contributed by atoms with Gasteiger partial charge in [0.25, 0.3) is 0 Å². The summed E-state index contributed by atoms with van der Waals surface area (Å²) < 4.78 is 2.79. The number of nitrogens with zero attached hydrogens (tertiary/aromatic N) is 3. The number of halogens is 1. The van der Waals surface area contributed by atoms with E-state index in [4.69, 9.17) is 6.57 Å². The van der Waals surface area contributed by atoms with Crippen LogP contribution in [-0.4, -0.2) is 20.3 Å². The molecule has 0 aliphatic rings. The summed E-state index contributed by atoms with van der Waals surface area (Å²) in [5, 5.41) is 9.90. The van der Waals surface area contributed by atoms with Crippen molar-refractivity contribution in [3.63, 3.8) is 0 Å². The van der Waals surface area contributed by atoms with Crippen LogP contribution in [0.1, 0.15) is 39.4 Å². The van der Waals surface area contributed by atoms with E-state index in [1.54, 1.807) is 13.8 Å². The van der Waals surface area contributed by atoms with Crippen LogP contribution in [-0.2, 0) is 13.0 Å². The van der Waals surface area contributed by atoms with Crippen molar-refractivity contribution in [3.8, 4) is 0 Å². The van der Waals surface area contributed by atoms with Gasteiger partial charge in [-0.2, -0.15) is 0 Å². The van der Waals surface area contributed by atoms with Crippen molar-refractivity contribution in [2.75, 3.05) is 0 Å². The first-order valence-corrected chi connectivity index (χ1v) is 6.81. The van der Waals surface area contributed by atoms with Crippen molar-refractivity contribution in [2.24, 2.45) is 0 Å². The van der Waals surface area contributed by atoms with E-state index in [1.807, 2.05) is 4.57 Å². The van der Waals surface area contributed by atoms with Gasteiger partial charge in [0.2, 0.25) is 5.82 Å². The zero-order chi connectivity index (χ0) is 13.1. The minimum atomic E-state index is -0.791. The minimum Gasteiger partial charge on any atom is -0.389 e. The summed E-state index contributed by atoms with van der Waals surface area (Å²) in [6.07, 6.45) is 3.01. The van der Waals surface area contributed by atoms with Crippen LogP contribution in [0.2, 0.25) is 0 Å². The first-order chi connectivity index (χ1) is 7.89. The Labute approximate surface area is 116 Å². The number of rotatable bonds is 5. The highest BCUT2D eigenvalue weighted by Gasteiger charge is 2.22. The summed E-state index contributed by atoms with van der Waals surface area (Å²) >= 11 is 2.13. The van der Waals surface area contributed by atoms with Crippen LogP contribution in [0.3, 0.4) is 0 Å². The Morgan fingerprint density at radius 2 is 2.18 bits per heavy atom. The van der Waals surface area contributed by atoms with Gasteiger partial charge in [0.05, 0.1) is 12.1 Å². The number of unbranched alkanes of at least 4 members (excludes halogenated alkanes) is 1. The molecule has 0 saturated heterocycles. The van der Waals surface area contributed by atoms with Gasteiger partial charge < -0.3 is 14.5 Å². The molecule has 0 aromatic carbocycles. The number of aromatic nitrogens is 2. The summed E-state index contributed by atoms with van der Waals surface area (Å²) in [5.41, 5.74) is -0.791. The third kappa shape index (κ3) is 3.96. The van der Waals surface area contributed by atoms with Crippen LogP contribution >= 0.6 is 22.6 Å². The molecule has 1 heterocycles. The lowest BCUT2D eigenvalue weighted by molar-refractivity contribution is 0.0599. The molecule has 0 saturated carbocycles. The van der Waals surface area contributed by atoms with Crippen LogP contribution in [0, 0.1) is 10.3 Å². The van der Waals surface area contributed by atoms with E-state index < -0.39 is 5.60 Å². The zero-order valence-electron chi connectivity index (χ0n) is 10.5. The van der Waals surface area contributed by atoms with E-state index in [9.17, 15) is 5.11 Å². The monoisotopic (exact) mass is 347 g/mol. The average molecular weight is 347 g/mol. The van der Waals surface area contributed by atoms with Crippen molar-refractivity contribution < 1.29 is 5.11 Å². The second-order valence-corrected chi connectivity index (χ2v) is 5.78. The normalized spacial score (nSPS) is 11.5. The fraction of sp³-hybridized carbons (Fsp3) is 0.667. The van der Waals surface area contributed by atoms with Gasteiger partial charge in [-0.25, -0.2) is 0 Å². The van der Waals surface area contributed by atoms with Gasteiger partial charge in [0.1, 0.15) is 3.70 Å². The molecule has 1 rings (SSSR count). The topological polar surface area (TPSA) is 42.4 Å². The first-order valence-electron chi connectivity index (χ1n) is 5.73. The van der Waals surface area contributed by atoms with Crippen LogP contribution in [0.15, 0.2) is 0 Å². The second kappa shape index (κ2) is 5.83. The first kappa shape index (κ1) is 14.5. The van der Waals surface area contributed by atoms with Crippen LogP contribution in [0.5, 0.6) is 0 Å². The molecule has 5 heteroatoms. The van der Waals surface area contributed by atoms with Gasteiger partial charge in [-0.1, -0.05) is 19.9 Å². The highest BCUT2D eigenvalue weighted by Crippen LogP contribution is 2.25.